The maximum atomic E-state index is 5.32. The molecule has 3 heteroatoms. The summed E-state index contributed by atoms with van der Waals surface area (Å²) in [6.45, 7) is 3.37. The fraction of sp³-hybridized carbons (Fsp3) is 0.667. The molecule has 1 rings (SSSR count). The minimum atomic E-state index is 0.667. The Hall–Kier alpha value is -0.990. The summed E-state index contributed by atoms with van der Waals surface area (Å²) in [5.74, 6) is 0.700. The molecule has 68 valence electrons. The molecule has 0 radical (unpaired) electrons. The Balaban J connectivity index is 2.69. The SMILES string of the molecule is CCOC1=C(C=[N+](C)C)CCO1. The number of hydrogen-bond donors (Lipinski definition) is 0. The molecule has 0 aromatic carbocycles. The van der Waals surface area contributed by atoms with Crippen molar-refractivity contribution in [1.29, 1.82) is 0 Å². The second kappa shape index (κ2) is 4.14. The van der Waals surface area contributed by atoms with Crippen molar-refractivity contribution in [2.24, 2.45) is 0 Å². The van der Waals surface area contributed by atoms with Crippen LogP contribution in [-0.4, -0.2) is 38.1 Å². The quantitative estimate of drug-likeness (QED) is 0.465. The Morgan fingerprint density at radius 2 is 2.33 bits per heavy atom. The lowest BCUT2D eigenvalue weighted by molar-refractivity contribution is -0.459. The Morgan fingerprint density at radius 1 is 1.58 bits per heavy atom. The molecule has 0 atom stereocenters. The fourth-order valence-corrected chi connectivity index (χ4v) is 1.14. The van der Waals surface area contributed by atoms with Crippen LogP contribution < -0.4 is 0 Å². The Labute approximate surface area is 73.3 Å². The summed E-state index contributed by atoms with van der Waals surface area (Å²) in [5.41, 5.74) is 1.15. The highest BCUT2D eigenvalue weighted by molar-refractivity contribution is 5.75. The predicted octanol–water partition coefficient (Wildman–Crippen LogP) is 0.998. The van der Waals surface area contributed by atoms with Crippen molar-refractivity contribution in [1.82, 2.24) is 0 Å². The standard InChI is InChI=1S/C9H16NO2/c1-4-11-9-8(5-6-12-9)7-10(2)3/h7H,4-6H2,1-3H3/q+1. The van der Waals surface area contributed by atoms with Crippen LogP contribution >= 0.6 is 0 Å². The monoisotopic (exact) mass is 170 g/mol. The van der Waals surface area contributed by atoms with Gasteiger partial charge in [-0.3, -0.25) is 0 Å². The van der Waals surface area contributed by atoms with Gasteiger partial charge in [0.05, 0.1) is 18.8 Å². The highest BCUT2D eigenvalue weighted by Crippen LogP contribution is 2.17. The second-order valence-corrected chi connectivity index (χ2v) is 2.94. The van der Waals surface area contributed by atoms with Gasteiger partial charge in [-0.2, -0.15) is 0 Å². The van der Waals surface area contributed by atoms with Gasteiger partial charge in [0.1, 0.15) is 14.1 Å². The predicted molar refractivity (Wildman–Crippen MR) is 47.4 cm³/mol. The number of ether oxygens (including phenoxy) is 2. The fourth-order valence-electron chi connectivity index (χ4n) is 1.14. The van der Waals surface area contributed by atoms with Crippen LogP contribution in [0, 0.1) is 0 Å². The molecule has 1 heterocycles. The lowest BCUT2D eigenvalue weighted by Crippen LogP contribution is -2.02. The van der Waals surface area contributed by atoms with Gasteiger partial charge in [-0.25, -0.2) is 4.58 Å². The molecule has 1 aliphatic rings. The average molecular weight is 170 g/mol. The maximum absolute atomic E-state index is 5.32. The Bertz CT molecular complexity index is 215. The van der Waals surface area contributed by atoms with Crippen LogP contribution in [0.15, 0.2) is 11.5 Å². The molecule has 0 spiro atoms. The number of hydrogen-bond acceptors (Lipinski definition) is 2. The molecule has 0 bridgehead atoms. The minimum absolute atomic E-state index is 0.667. The zero-order valence-corrected chi connectivity index (χ0v) is 7.96. The van der Waals surface area contributed by atoms with E-state index >= 15 is 0 Å². The average Bonchev–Trinajstić information content (AvgIpc) is 2.37. The Kier molecular flexibility index (Phi) is 3.14. The smallest absolute Gasteiger partial charge is 0.288 e. The highest BCUT2D eigenvalue weighted by atomic mass is 16.7. The molecular weight excluding hydrogens is 154 g/mol. The summed E-state index contributed by atoms with van der Waals surface area (Å²) < 4.78 is 12.6. The zero-order chi connectivity index (χ0) is 8.97. The molecule has 0 unspecified atom stereocenters. The zero-order valence-electron chi connectivity index (χ0n) is 7.96. The van der Waals surface area contributed by atoms with Crippen LogP contribution in [0.3, 0.4) is 0 Å². The summed E-state index contributed by atoms with van der Waals surface area (Å²) in [7, 11) is 3.99. The van der Waals surface area contributed by atoms with Gasteiger partial charge in [-0.1, -0.05) is 0 Å². The second-order valence-electron chi connectivity index (χ2n) is 2.94. The van der Waals surface area contributed by atoms with Crippen LogP contribution in [-0.2, 0) is 9.47 Å². The van der Waals surface area contributed by atoms with E-state index in [1.165, 1.54) is 0 Å². The molecule has 0 fully saturated rings. The Morgan fingerprint density at radius 3 is 2.92 bits per heavy atom. The summed E-state index contributed by atoms with van der Waals surface area (Å²) in [4.78, 5) is 0. The molecule has 3 nitrogen and oxygen atoms in total. The van der Waals surface area contributed by atoms with Crippen molar-refractivity contribution in [3.8, 4) is 0 Å². The van der Waals surface area contributed by atoms with Crippen molar-refractivity contribution < 1.29 is 14.0 Å². The normalized spacial score (nSPS) is 15.9. The largest absolute Gasteiger partial charge is 0.465 e. The summed E-state index contributed by atoms with van der Waals surface area (Å²) in [6, 6.07) is 0. The van der Waals surface area contributed by atoms with E-state index in [0.717, 1.165) is 18.6 Å². The number of rotatable bonds is 3. The number of nitrogens with zero attached hydrogens (tertiary/aromatic N) is 1. The molecule has 0 aliphatic carbocycles. The maximum Gasteiger partial charge on any atom is 0.288 e. The van der Waals surface area contributed by atoms with Gasteiger partial charge in [-0.15, -0.1) is 0 Å². The first-order valence-corrected chi connectivity index (χ1v) is 4.24. The lowest BCUT2D eigenvalue weighted by Gasteiger charge is -2.02. The molecule has 0 aromatic heterocycles. The van der Waals surface area contributed by atoms with E-state index < -0.39 is 0 Å². The van der Waals surface area contributed by atoms with E-state index in [9.17, 15) is 0 Å². The van der Waals surface area contributed by atoms with Crippen molar-refractivity contribution >= 4 is 6.21 Å². The van der Waals surface area contributed by atoms with Gasteiger partial charge >= 0.3 is 0 Å². The lowest BCUT2D eigenvalue weighted by atomic mass is 10.2. The van der Waals surface area contributed by atoms with E-state index in [1.807, 2.05) is 31.8 Å². The molecular formula is C9H16NO2+. The molecule has 0 saturated carbocycles. The van der Waals surface area contributed by atoms with Crippen LogP contribution in [0.1, 0.15) is 13.3 Å². The first kappa shape index (κ1) is 9.10. The van der Waals surface area contributed by atoms with Gasteiger partial charge < -0.3 is 9.47 Å². The molecule has 0 amide bonds. The minimum Gasteiger partial charge on any atom is -0.465 e. The third-order valence-electron chi connectivity index (χ3n) is 1.56. The van der Waals surface area contributed by atoms with Crippen molar-refractivity contribution in [2.75, 3.05) is 27.3 Å². The van der Waals surface area contributed by atoms with Gasteiger partial charge in [0, 0.05) is 6.42 Å². The van der Waals surface area contributed by atoms with Crippen molar-refractivity contribution in [3.05, 3.63) is 11.5 Å². The van der Waals surface area contributed by atoms with Gasteiger partial charge in [0.15, 0.2) is 6.21 Å². The van der Waals surface area contributed by atoms with Crippen molar-refractivity contribution in [3.63, 3.8) is 0 Å². The topological polar surface area (TPSA) is 21.5 Å². The highest BCUT2D eigenvalue weighted by Gasteiger charge is 2.17. The molecule has 0 aromatic rings. The van der Waals surface area contributed by atoms with Crippen LogP contribution in [0.2, 0.25) is 0 Å². The van der Waals surface area contributed by atoms with Crippen LogP contribution in [0.4, 0.5) is 0 Å². The van der Waals surface area contributed by atoms with Crippen LogP contribution in [0.25, 0.3) is 0 Å². The first-order valence-electron chi connectivity index (χ1n) is 4.24. The van der Waals surface area contributed by atoms with E-state index in [-0.39, 0.29) is 0 Å². The van der Waals surface area contributed by atoms with E-state index in [2.05, 4.69) is 0 Å². The van der Waals surface area contributed by atoms with E-state index in [1.54, 1.807) is 0 Å². The first-order chi connectivity index (χ1) is 5.74. The molecule has 0 N–H and O–H groups in total. The van der Waals surface area contributed by atoms with Gasteiger partial charge in [-0.05, 0) is 6.92 Å². The van der Waals surface area contributed by atoms with Crippen LogP contribution in [0.5, 0.6) is 0 Å². The van der Waals surface area contributed by atoms with E-state index in [4.69, 9.17) is 9.47 Å². The summed E-state index contributed by atoms with van der Waals surface area (Å²) in [5, 5.41) is 0. The third kappa shape index (κ3) is 2.26. The summed E-state index contributed by atoms with van der Waals surface area (Å²) in [6.07, 6.45) is 2.99. The molecule has 12 heavy (non-hydrogen) atoms. The van der Waals surface area contributed by atoms with Crippen molar-refractivity contribution in [2.45, 2.75) is 13.3 Å². The van der Waals surface area contributed by atoms with Gasteiger partial charge in [0.2, 0.25) is 0 Å². The molecule has 0 saturated heterocycles. The summed E-state index contributed by atoms with van der Waals surface area (Å²) >= 11 is 0. The molecule has 1 aliphatic heterocycles. The third-order valence-corrected chi connectivity index (χ3v) is 1.56. The van der Waals surface area contributed by atoms with Gasteiger partial charge in [0.25, 0.3) is 5.95 Å². The van der Waals surface area contributed by atoms with E-state index in [0.29, 0.717) is 12.6 Å².